The van der Waals surface area contributed by atoms with Crippen molar-refractivity contribution in [2.45, 2.75) is 12.5 Å². The molecule has 0 unspecified atom stereocenters. The van der Waals surface area contributed by atoms with Gasteiger partial charge in [0.05, 0.1) is 18.5 Å². The van der Waals surface area contributed by atoms with Crippen LogP contribution in [0, 0.1) is 11.3 Å². The third-order valence-electron chi connectivity index (χ3n) is 3.40. The summed E-state index contributed by atoms with van der Waals surface area (Å²) in [6.07, 6.45) is 0.220. The fraction of sp³-hybridized carbons (Fsp3) is 0.462. The van der Waals surface area contributed by atoms with Crippen LogP contribution < -0.4 is 5.32 Å². The SMILES string of the molecule is Cl.Cl.N#CC[C@H](c1ccc(O)c(O)c1O)N1CCNCC1. The lowest BCUT2D eigenvalue weighted by molar-refractivity contribution is 0.172. The topological polar surface area (TPSA) is 99.8 Å². The van der Waals surface area contributed by atoms with Crippen LogP contribution in [0.15, 0.2) is 12.1 Å². The predicted octanol–water partition coefficient (Wildman–Crippen LogP) is 1.51. The van der Waals surface area contributed by atoms with E-state index in [9.17, 15) is 15.3 Å². The Labute approximate surface area is 135 Å². The highest BCUT2D eigenvalue weighted by Gasteiger charge is 2.26. The van der Waals surface area contributed by atoms with Crippen LogP contribution in [-0.4, -0.2) is 46.4 Å². The monoisotopic (exact) mass is 335 g/mol. The van der Waals surface area contributed by atoms with E-state index in [1.807, 2.05) is 0 Å². The molecule has 4 N–H and O–H groups in total. The van der Waals surface area contributed by atoms with Gasteiger partial charge in [-0.25, -0.2) is 0 Å². The molecule has 1 aromatic rings. The molecule has 0 spiro atoms. The zero-order valence-electron chi connectivity index (χ0n) is 11.3. The van der Waals surface area contributed by atoms with Crippen LogP contribution >= 0.6 is 24.8 Å². The largest absolute Gasteiger partial charge is 0.504 e. The number of halogens is 2. The van der Waals surface area contributed by atoms with E-state index in [1.165, 1.54) is 6.07 Å². The molecule has 2 rings (SSSR count). The van der Waals surface area contributed by atoms with E-state index in [-0.39, 0.29) is 48.8 Å². The number of hydrogen-bond donors (Lipinski definition) is 4. The Morgan fingerprint density at radius 3 is 2.33 bits per heavy atom. The van der Waals surface area contributed by atoms with Crippen LogP contribution in [0.25, 0.3) is 0 Å². The Balaban J connectivity index is 0.00000200. The van der Waals surface area contributed by atoms with E-state index in [1.54, 1.807) is 6.07 Å². The second-order valence-electron chi connectivity index (χ2n) is 4.54. The van der Waals surface area contributed by atoms with E-state index in [4.69, 9.17) is 5.26 Å². The van der Waals surface area contributed by atoms with Gasteiger partial charge in [0.1, 0.15) is 0 Å². The highest BCUT2D eigenvalue weighted by atomic mass is 35.5. The number of piperazine rings is 1. The van der Waals surface area contributed by atoms with Gasteiger partial charge in [-0.3, -0.25) is 4.90 Å². The number of phenolic OH excluding ortho intramolecular Hbond substituents is 3. The van der Waals surface area contributed by atoms with Gasteiger partial charge in [-0.15, -0.1) is 24.8 Å². The molecule has 0 saturated carbocycles. The Kier molecular flexibility index (Phi) is 8.22. The van der Waals surface area contributed by atoms with Gasteiger partial charge < -0.3 is 20.6 Å². The van der Waals surface area contributed by atoms with E-state index < -0.39 is 5.75 Å². The Bertz CT molecular complexity index is 502. The minimum absolute atomic E-state index is 0. The van der Waals surface area contributed by atoms with Gasteiger partial charge in [0.15, 0.2) is 11.5 Å². The Hall–Kier alpha value is -1.39. The van der Waals surface area contributed by atoms with Gasteiger partial charge in [0.25, 0.3) is 0 Å². The van der Waals surface area contributed by atoms with Crippen LogP contribution in [0.3, 0.4) is 0 Å². The molecule has 1 aromatic carbocycles. The highest BCUT2D eigenvalue weighted by Crippen LogP contribution is 2.42. The number of rotatable bonds is 3. The summed E-state index contributed by atoms with van der Waals surface area (Å²) in [5, 5.41) is 41.1. The summed E-state index contributed by atoms with van der Waals surface area (Å²) in [5.41, 5.74) is 0.471. The van der Waals surface area contributed by atoms with Crippen LogP contribution in [0.1, 0.15) is 18.0 Å². The highest BCUT2D eigenvalue weighted by molar-refractivity contribution is 5.85. The number of nitriles is 1. The number of aromatic hydroxyl groups is 3. The van der Waals surface area contributed by atoms with Gasteiger partial charge in [0, 0.05) is 31.7 Å². The predicted molar refractivity (Wildman–Crippen MR) is 83.3 cm³/mol. The van der Waals surface area contributed by atoms with Crippen molar-refractivity contribution >= 4 is 24.8 Å². The summed E-state index contributed by atoms with van der Waals surface area (Å²) >= 11 is 0. The molecule has 1 atom stereocenters. The lowest BCUT2D eigenvalue weighted by Crippen LogP contribution is -2.45. The van der Waals surface area contributed by atoms with E-state index >= 15 is 0 Å². The third-order valence-corrected chi connectivity index (χ3v) is 3.40. The number of nitrogens with one attached hydrogen (secondary N) is 1. The van der Waals surface area contributed by atoms with E-state index in [0.29, 0.717) is 5.56 Å². The van der Waals surface area contributed by atoms with Crippen LogP contribution in [0.5, 0.6) is 17.2 Å². The first kappa shape index (κ1) is 19.6. The fourth-order valence-electron chi connectivity index (χ4n) is 2.37. The molecule has 21 heavy (non-hydrogen) atoms. The number of phenols is 3. The molecule has 1 saturated heterocycles. The lowest BCUT2D eigenvalue weighted by atomic mass is 10.00. The standard InChI is InChI=1S/C13H17N3O3.2ClH/c14-4-3-10(16-7-5-15-6-8-16)9-1-2-11(17)13(19)12(9)18;;/h1-2,10,15,17-19H,3,5-8H2;2*1H/t10-;;/m1../s1. The maximum Gasteiger partial charge on any atom is 0.200 e. The van der Waals surface area contributed by atoms with Crippen molar-refractivity contribution in [3.63, 3.8) is 0 Å². The van der Waals surface area contributed by atoms with Crippen LogP contribution in [0.4, 0.5) is 0 Å². The van der Waals surface area contributed by atoms with Crippen molar-refractivity contribution in [2.75, 3.05) is 26.2 Å². The van der Waals surface area contributed by atoms with Gasteiger partial charge in [-0.05, 0) is 12.1 Å². The molecule has 0 aromatic heterocycles. The van der Waals surface area contributed by atoms with Gasteiger partial charge >= 0.3 is 0 Å². The third kappa shape index (κ3) is 4.29. The second-order valence-corrected chi connectivity index (χ2v) is 4.54. The van der Waals surface area contributed by atoms with Gasteiger partial charge in [0.2, 0.25) is 5.75 Å². The average molecular weight is 336 g/mol. The molecule has 0 radical (unpaired) electrons. The molecule has 1 aliphatic rings. The first-order valence-corrected chi connectivity index (χ1v) is 6.20. The van der Waals surface area contributed by atoms with Crippen LogP contribution in [-0.2, 0) is 0 Å². The van der Waals surface area contributed by atoms with E-state index in [2.05, 4.69) is 16.3 Å². The zero-order chi connectivity index (χ0) is 13.8. The molecule has 0 bridgehead atoms. The van der Waals surface area contributed by atoms with Crippen molar-refractivity contribution in [1.29, 1.82) is 5.26 Å². The van der Waals surface area contributed by atoms with Gasteiger partial charge in [-0.2, -0.15) is 5.26 Å². The molecule has 118 valence electrons. The van der Waals surface area contributed by atoms with Crippen molar-refractivity contribution < 1.29 is 15.3 Å². The quantitative estimate of drug-likeness (QED) is 0.625. The molecule has 8 heteroatoms. The number of hydrogen-bond acceptors (Lipinski definition) is 6. The molecule has 1 aliphatic heterocycles. The van der Waals surface area contributed by atoms with Crippen molar-refractivity contribution in [2.24, 2.45) is 0 Å². The summed E-state index contributed by atoms with van der Waals surface area (Å²) in [7, 11) is 0. The zero-order valence-corrected chi connectivity index (χ0v) is 13.0. The van der Waals surface area contributed by atoms with Crippen molar-refractivity contribution in [3.05, 3.63) is 17.7 Å². The summed E-state index contributed by atoms with van der Waals surface area (Å²) < 4.78 is 0. The molecule has 1 heterocycles. The minimum Gasteiger partial charge on any atom is -0.504 e. The average Bonchev–Trinajstić information content (AvgIpc) is 2.44. The van der Waals surface area contributed by atoms with Crippen molar-refractivity contribution in [3.8, 4) is 23.3 Å². The smallest absolute Gasteiger partial charge is 0.200 e. The summed E-state index contributed by atoms with van der Waals surface area (Å²) in [6.45, 7) is 3.19. The van der Waals surface area contributed by atoms with Crippen LogP contribution in [0.2, 0.25) is 0 Å². The number of nitrogens with zero attached hydrogens (tertiary/aromatic N) is 2. The summed E-state index contributed by atoms with van der Waals surface area (Å²) in [6, 6.07) is 4.71. The lowest BCUT2D eigenvalue weighted by Gasteiger charge is -2.34. The maximum absolute atomic E-state index is 9.94. The first-order valence-electron chi connectivity index (χ1n) is 6.20. The normalized spacial score (nSPS) is 16.1. The molecular weight excluding hydrogens is 317 g/mol. The van der Waals surface area contributed by atoms with Gasteiger partial charge in [-0.1, -0.05) is 0 Å². The Morgan fingerprint density at radius 2 is 1.76 bits per heavy atom. The minimum atomic E-state index is -0.532. The molecular formula is C13H19Cl2N3O3. The summed E-state index contributed by atoms with van der Waals surface area (Å²) in [5.74, 6) is -1.24. The second kappa shape index (κ2) is 8.80. The molecule has 6 nitrogen and oxygen atoms in total. The maximum atomic E-state index is 9.94. The van der Waals surface area contributed by atoms with E-state index in [0.717, 1.165) is 26.2 Å². The fourth-order valence-corrected chi connectivity index (χ4v) is 2.37. The first-order chi connectivity index (χ1) is 9.15. The molecule has 1 fully saturated rings. The van der Waals surface area contributed by atoms with Crippen molar-refractivity contribution in [1.82, 2.24) is 10.2 Å². The number of benzene rings is 1. The molecule has 0 amide bonds. The Morgan fingerprint density at radius 1 is 1.14 bits per heavy atom. The summed E-state index contributed by atoms with van der Waals surface area (Å²) in [4.78, 5) is 2.09. The molecule has 0 aliphatic carbocycles.